The summed E-state index contributed by atoms with van der Waals surface area (Å²) >= 11 is 6.21. The van der Waals surface area contributed by atoms with Gasteiger partial charge in [-0.25, -0.2) is 0 Å². The maximum atomic E-state index is 6.21. The van der Waals surface area contributed by atoms with E-state index in [1.165, 1.54) is 16.8 Å². The Balaban J connectivity index is 1.51. The van der Waals surface area contributed by atoms with E-state index in [0.717, 1.165) is 49.8 Å². The van der Waals surface area contributed by atoms with E-state index < -0.39 is 0 Å². The minimum absolute atomic E-state index is 0.561. The SMILES string of the molecule is COCCCOc1ccccc1CN(CC1CNCC1Cc1ccccc1)c1ccc(Cl)cc1. The number of halogens is 1. The van der Waals surface area contributed by atoms with Crippen molar-refractivity contribution in [3.8, 4) is 5.75 Å². The molecular formula is C29H35ClN2O2. The summed E-state index contributed by atoms with van der Waals surface area (Å²) in [5.41, 5.74) is 3.79. The number of ether oxygens (including phenoxy) is 2. The van der Waals surface area contributed by atoms with Crippen molar-refractivity contribution in [3.63, 3.8) is 0 Å². The molecule has 0 spiro atoms. The summed E-state index contributed by atoms with van der Waals surface area (Å²) in [7, 11) is 1.72. The number of benzene rings is 3. The van der Waals surface area contributed by atoms with E-state index in [1.54, 1.807) is 7.11 Å². The maximum absolute atomic E-state index is 6.21. The quantitative estimate of drug-likeness (QED) is 0.331. The van der Waals surface area contributed by atoms with E-state index in [2.05, 4.69) is 70.9 Å². The van der Waals surface area contributed by atoms with E-state index >= 15 is 0 Å². The fraction of sp³-hybridized carbons (Fsp3) is 0.379. The van der Waals surface area contributed by atoms with Gasteiger partial charge in [0.2, 0.25) is 0 Å². The number of para-hydroxylation sites is 1. The fourth-order valence-corrected chi connectivity index (χ4v) is 4.85. The molecule has 0 saturated carbocycles. The summed E-state index contributed by atoms with van der Waals surface area (Å²) in [6.45, 7) is 5.22. The van der Waals surface area contributed by atoms with Gasteiger partial charge in [0.25, 0.3) is 0 Å². The molecule has 1 aliphatic rings. The number of methoxy groups -OCH3 is 1. The van der Waals surface area contributed by atoms with Gasteiger partial charge in [0.1, 0.15) is 5.75 Å². The van der Waals surface area contributed by atoms with Gasteiger partial charge in [0, 0.05) is 49.5 Å². The van der Waals surface area contributed by atoms with Crippen LogP contribution in [-0.4, -0.2) is 40.0 Å². The summed E-state index contributed by atoms with van der Waals surface area (Å²) in [6, 6.07) is 27.4. The Hall–Kier alpha value is -2.53. The number of hydrogen-bond donors (Lipinski definition) is 1. The molecule has 1 saturated heterocycles. The van der Waals surface area contributed by atoms with Gasteiger partial charge < -0.3 is 19.7 Å². The lowest BCUT2D eigenvalue weighted by molar-refractivity contribution is 0.172. The van der Waals surface area contributed by atoms with Crippen molar-refractivity contribution in [2.75, 3.05) is 44.9 Å². The summed E-state index contributed by atoms with van der Waals surface area (Å²) in [6.07, 6.45) is 1.98. The molecule has 34 heavy (non-hydrogen) atoms. The number of hydrogen-bond acceptors (Lipinski definition) is 4. The molecule has 3 aromatic rings. The van der Waals surface area contributed by atoms with Crippen LogP contribution in [0.25, 0.3) is 0 Å². The van der Waals surface area contributed by atoms with Gasteiger partial charge in [0.15, 0.2) is 0 Å². The van der Waals surface area contributed by atoms with Crippen molar-refractivity contribution in [1.82, 2.24) is 5.32 Å². The second kappa shape index (κ2) is 12.8. The lowest BCUT2D eigenvalue weighted by Crippen LogP contribution is -2.33. The number of anilines is 1. The van der Waals surface area contributed by atoms with Gasteiger partial charge >= 0.3 is 0 Å². The Labute approximate surface area is 208 Å². The Morgan fingerprint density at radius 1 is 0.882 bits per heavy atom. The van der Waals surface area contributed by atoms with Crippen LogP contribution in [0, 0.1) is 11.8 Å². The van der Waals surface area contributed by atoms with E-state index in [1.807, 2.05) is 18.2 Å². The van der Waals surface area contributed by atoms with Crippen LogP contribution in [0.2, 0.25) is 5.02 Å². The molecule has 180 valence electrons. The largest absolute Gasteiger partial charge is 0.493 e. The minimum Gasteiger partial charge on any atom is -0.493 e. The van der Waals surface area contributed by atoms with Gasteiger partial charge in [-0.2, -0.15) is 0 Å². The molecule has 4 nitrogen and oxygen atoms in total. The molecule has 4 rings (SSSR count). The van der Waals surface area contributed by atoms with E-state index in [-0.39, 0.29) is 0 Å². The predicted octanol–water partition coefficient (Wildman–Crippen LogP) is 5.84. The van der Waals surface area contributed by atoms with E-state index in [0.29, 0.717) is 25.0 Å². The molecular weight excluding hydrogens is 444 g/mol. The number of nitrogens with one attached hydrogen (secondary N) is 1. The zero-order chi connectivity index (χ0) is 23.6. The third-order valence-corrected chi connectivity index (χ3v) is 6.80. The smallest absolute Gasteiger partial charge is 0.124 e. The third-order valence-electron chi connectivity index (χ3n) is 6.55. The molecule has 1 N–H and O–H groups in total. The van der Waals surface area contributed by atoms with E-state index in [4.69, 9.17) is 21.1 Å². The van der Waals surface area contributed by atoms with E-state index in [9.17, 15) is 0 Å². The van der Waals surface area contributed by atoms with Crippen molar-refractivity contribution in [3.05, 3.63) is 95.0 Å². The average molecular weight is 479 g/mol. The molecule has 0 aliphatic carbocycles. The average Bonchev–Trinajstić information content (AvgIpc) is 3.30. The van der Waals surface area contributed by atoms with Crippen LogP contribution in [0.5, 0.6) is 5.75 Å². The highest BCUT2D eigenvalue weighted by molar-refractivity contribution is 6.30. The van der Waals surface area contributed by atoms with Crippen LogP contribution in [-0.2, 0) is 17.7 Å². The molecule has 1 aliphatic heterocycles. The lowest BCUT2D eigenvalue weighted by atomic mass is 9.89. The molecule has 1 heterocycles. The first-order valence-electron chi connectivity index (χ1n) is 12.2. The Morgan fingerprint density at radius 3 is 2.41 bits per heavy atom. The Bertz CT molecular complexity index is 997. The van der Waals surface area contributed by atoms with Crippen molar-refractivity contribution >= 4 is 17.3 Å². The first-order chi connectivity index (χ1) is 16.7. The standard InChI is InChI=1S/C29H35ClN2O2/c1-33-16-7-17-34-29-11-6-5-10-24(29)21-32(28-14-12-27(30)13-15-28)22-26-20-31-19-25(26)18-23-8-3-2-4-9-23/h2-6,8-15,25-26,31H,7,16-22H2,1H3. The minimum atomic E-state index is 0.561. The molecule has 0 radical (unpaired) electrons. The molecule has 0 aromatic heterocycles. The monoisotopic (exact) mass is 478 g/mol. The second-order valence-electron chi connectivity index (χ2n) is 9.03. The highest BCUT2D eigenvalue weighted by Gasteiger charge is 2.29. The van der Waals surface area contributed by atoms with Gasteiger partial charge in [-0.3, -0.25) is 0 Å². The van der Waals surface area contributed by atoms with Crippen LogP contribution in [0.4, 0.5) is 5.69 Å². The molecule has 2 unspecified atom stereocenters. The second-order valence-corrected chi connectivity index (χ2v) is 9.46. The fourth-order valence-electron chi connectivity index (χ4n) is 4.72. The maximum Gasteiger partial charge on any atom is 0.124 e. The predicted molar refractivity (Wildman–Crippen MR) is 141 cm³/mol. The Morgan fingerprint density at radius 2 is 1.62 bits per heavy atom. The van der Waals surface area contributed by atoms with Crippen LogP contribution >= 0.6 is 11.6 Å². The zero-order valence-corrected chi connectivity index (χ0v) is 20.7. The molecule has 5 heteroatoms. The lowest BCUT2D eigenvalue weighted by Gasteiger charge is -2.31. The van der Waals surface area contributed by atoms with Gasteiger partial charge in [-0.15, -0.1) is 0 Å². The van der Waals surface area contributed by atoms with Crippen molar-refractivity contribution in [1.29, 1.82) is 0 Å². The van der Waals surface area contributed by atoms with Crippen molar-refractivity contribution in [2.24, 2.45) is 11.8 Å². The van der Waals surface area contributed by atoms with Gasteiger partial charge in [-0.1, -0.05) is 60.1 Å². The summed E-state index contributed by atoms with van der Waals surface area (Å²) in [4.78, 5) is 2.48. The number of rotatable bonds is 12. The highest BCUT2D eigenvalue weighted by atomic mass is 35.5. The van der Waals surface area contributed by atoms with Gasteiger partial charge in [-0.05, 0) is 67.2 Å². The van der Waals surface area contributed by atoms with Crippen LogP contribution in [0.3, 0.4) is 0 Å². The first kappa shape index (κ1) is 24.6. The van der Waals surface area contributed by atoms with Gasteiger partial charge in [0.05, 0.1) is 6.61 Å². The third kappa shape index (κ3) is 6.99. The normalized spacial score (nSPS) is 17.6. The Kier molecular flexibility index (Phi) is 9.26. The van der Waals surface area contributed by atoms with Crippen LogP contribution < -0.4 is 15.0 Å². The zero-order valence-electron chi connectivity index (χ0n) is 20.0. The molecule has 0 bridgehead atoms. The van der Waals surface area contributed by atoms with Crippen molar-refractivity contribution < 1.29 is 9.47 Å². The molecule has 2 atom stereocenters. The summed E-state index contributed by atoms with van der Waals surface area (Å²) in [5.74, 6) is 2.12. The molecule has 1 fully saturated rings. The van der Waals surface area contributed by atoms with Crippen LogP contribution in [0.1, 0.15) is 17.5 Å². The number of nitrogens with zero attached hydrogens (tertiary/aromatic N) is 1. The topological polar surface area (TPSA) is 33.7 Å². The summed E-state index contributed by atoms with van der Waals surface area (Å²) < 4.78 is 11.3. The van der Waals surface area contributed by atoms with Crippen molar-refractivity contribution in [2.45, 2.75) is 19.4 Å². The summed E-state index contributed by atoms with van der Waals surface area (Å²) in [5, 5.41) is 4.40. The molecule has 0 amide bonds. The first-order valence-corrected chi connectivity index (χ1v) is 12.6. The molecule has 3 aromatic carbocycles. The van der Waals surface area contributed by atoms with Crippen LogP contribution in [0.15, 0.2) is 78.9 Å². The highest BCUT2D eigenvalue weighted by Crippen LogP contribution is 2.29.